The summed E-state index contributed by atoms with van der Waals surface area (Å²) in [7, 11) is 1.61. The SMILES string of the molecule is COc1ccc(C(C)(C)C(=O)Nc2ccc(O)cc2C)cc1. The number of phenols is 1. The lowest BCUT2D eigenvalue weighted by molar-refractivity contribution is -0.120. The number of carbonyl (C=O) groups is 1. The van der Waals surface area contributed by atoms with Crippen molar-refractivity contribution < 1.29 is 14.6 Å². The predicted molar refractivity (Wildman–Crippen MR) is 87.5 cm³/mol. The van der Waals surface area contributed by atoms with Gasteiger partial charge in [0.25, 0.3) is 0 Å². The van der Waals surface area contributed by atoms with Gasteiger partial charge in [0.1, 0.15) is 11.5 Å². The van der Waals surface area contributed by atoms with Crippen molar-refractivity contribution in [2.24, 2.45) is 0 Å². The molecule has 0 saturated carbocycles. The average molecular weight is 299 g/mol. The van der Waals surface area contributed by atoms with Crippen LogP contribution < -0.4 is 10.1 Å². The Morgan fingerprint density at radius 1 is 1.14 bits per heavy atom. The lowest BCUT2D eigenvalue weighted by Gasteiger charge is -2.25. The van der Waals surface area contributed by atoms with Crippen LogP contribution in [0.1, 0.15) is 25.0 Å². The van der Waals surface area contributed by atoms with E-state index in [0.29, 0.717) is 5.69 Å². The average Bonchev–Trinajstić information content (AvgIpc) is 2.50. The zero-order chi connectivity index (χ0) is 16.3. The highest BCUT2D eigenvalue weighted by Gasteiger charge is 2.30. The Hall–Kier alpha value is -2.49. The van der Waals surface area contributed by atoms with Gasteiger partial charge >= 0.3 is 0 Å². The molecule has 0 unspecified atom stereocenters. The highest BCUT2D eigenvalue weighted by atomic mass is 16.5. The molecule has 2 rings (SSSR count). The number of hydrogen-bond donors (Lipinski definition) is 2. The molecule has 0 heterocycles. The molecule has 22 heavy (non-hydrogen) atoms. The summed E-state index contributed by atoms with van der Waals surface area (Å²) in [6.45, 7) is 5.59. The summed E-state index contributed by atoms with van der Waals surface area (Å²) >= 11 is 0. The molecule has 0 aliphatic heterocycles. The fourth-order valence-corrected chi connectivity index (χ4v) is 2.21. The first-order valence-electron chi connectivity index (χ1n) is 7.10. The molecule has 0 atom stereocenters. The summed E-state index contributed by atoms with van der Waals surface area (Å²) in [5.41, 5.74) is 1.74. The number of aryl methyl sites for hydroxylation is 1. The maximum absolute atomic E-state index is 12.6. The van der Waals surface area contributed by atoms with Gasteiger partial charge in [-0.05, 0) is 62.2 Å². The molecule has 4 heteroatoms. The van der Waals surface area contributed by atoms with Crippen molar-refractivity contribution in [3.63, 3.8) is 0 Å². The zero-order valence-electron chi connectivity index (χ0n) is 13.3. The number of rotatable bonds is 4. The molecule has 0 saturated heterocycles. The Bertz CT molecular complexity index is 675. The molecule has 0 spiro atoms. The Kier molecular flexibility index (Phi) is 4.40. The topological polar surface area (TPSA) is 58.6 Å². The fourth-order valence-electron chi connectivity index (χ4n) is 2.21. The predicted octanol–water partition coefficient (Wildman–Crippen LogP) is 3.63. The number of amides is 1. The molecule has 0 fully saturated rings. The lowest BCUT2D eigenvalue weighted by Crippen LogP contribution is -2.34. The van der Waals surface area contributed by atoms with Gasteiger partial charge in [-0.3, -0.25) is 4.79 Å². The van der Waals surface area contributed by atoms with Crippen LogP contribution in [-0.2, 0) is 10.2 Å². The molecule has 2 aromatic rings. The van der Waals surface area contributed by atoms with Gasteiger partial charge in [-0.25, -0.2) is 0 Å². The summed E-state index contributed by atoms with van der Waals surface area (Å²) < 4.78 is 5.14. The van der Waals surface area contributed by atoms with E-state index in [2.05, 4.69) is 5.32 Å². The third-order valence-electron chi connectivity index (χ3n) is 3.84. The summed E-state index contributed by atoms with van der Waals surface area (Å²) in [5, 5.41) is 12.4. The van der Waals surface area contributed by atoms with Crippen molar-refractivity contribution in [1.82, 2.24) is 0 Å². The maximum atomic E-state index is 12.6. The third kappa shape index (κ3) is 3.22. The number of phenolic OH excluding ortho intramolecular Hbond substituents is 1. The first-order chi connectivity index (χ1) is 10.3. The monoisotopic (exact) mass is 299 g/mol. The molecule has 1 amide bonds. The van der Waals surface area contributed by atoms with Crippen LogP contribution in [0.5, 0.6) is 11.5 Å². The summed E-state index contributed by atoms with van der Waals surface area (Å²) in [6.07, 6.45) is 0. The number of aromatic hydroxyl groups is 1. The first kappa shape index (κ1) is 15.9. The number of carbonyl (C=O) groups excluding carboxylic acids is 1. The number of methoxy groups -OCH3 is 1. The third-order valence-corrected chi connectivity index (χ3v) is 3.84. The Morgan fingerprint density at radius 2 is 1.77 bits per heavy atom. The molecule has 2 aromatic carbocycles. The van der Waals surface area contributed by atoms with E-state index in [1.54, 1.807) is 25.3 Å². The zero-order valence-corrected chi connectivity index (χ0v) is 13.3. The van der Waals surface area contributed by atoms with Gasteiger partial charge in [0.15, 0.2) is 0 Å². The largest absolute Gasteiger partial charge is 0.508 e. The van der Waals surface area contributed by atoms with Crippen LogP contribution in [0.2, 0.25) is 0 Å². The van der Waals surface area contributed by atoms with Gasteiger partial charge in [-0.15, -0.1) is 0 Å². The van der Waals surface area contributed by atoms with E-state index < -0.39 is 5.41 Å². The van der Waals surface area contributed by atoms with Crippen LogP contribution in [0.3, 0.4) is 0 Å². The van der Waals surface area contributed by atoms with E-state index in [1.165, 1.54) is 0 Å². The highest BCUT2D eigenvalue weighted by molar-refractivity contribution is 5.99. The Labute approximate surface area is 130 Å². The standard InChI is InChI=1S/C18H21NO3/c1-12-11-14(20)7-10-16(12)19-17(21)18(2,3)13-5-8-15(22-4)9-6-13/h5-11,20H,1-4H3,(H,19,21). The second-order valence-electron chi connectivity index (χ2n) is 5.81. The van der Waals surface area contributed by atoms with Crippen LogP contribution in [0, 0.1) is 6.92 Å². The Balaban J connectivity index is 2.22. The van der Waals surface area contributed by atoms with E-state index >= 15 is 0 Å². The maximum Gasteiger partial charge on any atom is 0.234 e. The molecule has 0 radical (unpaired) electrons. The highest BCUT2D eigenvalue weighted by Crippen LogP contribution is 2.28. The van der Waals surface area contributed by atoms with E-state index in [0.717, 1.165) is 16.9 Å². The summed E-state index contributed by atoms with van der Waals surface area (Å²) in [5.74, 6) is 0.839. The van der Waals surface area contributed by atoms with Crippen molar-refractivity contribution in [2.45, 2.75) is 26.2 Å². The number of hydrogen-bond acceptors (Lipinski definition) is 3. The van der Waals surface area contributed by atoms with E-state index in [-0.39, 0.29) is 11.7 Å². The molecule has 116 valence electrons. The van der Waals surface area contributed by atoms with E-state index in [9.17, 15) is 9.90 Å². The number of nitrogens with one attached hydrogen (secondary N) is 1. The van der Waals surface area contributed by atoms with Crippen LogP contribution in [0.15, 0.2) is 42.5 Å². The molecule has 2 N–H and O–H groups in total. The van der Waals surface area contributed by atoms with Gasteiger partial charge in [-0.1, -0.05) is 12.1 Å². The molecule has 0 bridgehead atoms. The second-order valence-corrected chi connectivity index (χ2v) is 5.81. The van der Waals surface area contributed by atoms with Gasteiger partial charge in [-0.2, -0.15) is 0 Å². The molecule has 0 aromatic heterocycles. The number of ether oxygens (including phenoxy) is 1. The van der Waals surface area contributed by atoms with Crippen LogP contribution >= 0.6 is 0 Å². The first-order valence-corrected chi connectivity index (χ1v) is 7.10. The van der Waals surface area contributed by atoms with Crippen molar-refractivity contribution >= 4 is 11.6 Å². The van der Waals surface area contributed by atoms with Crippen LogP contribution in [0.25, 0.3) is 0 Å². The molecular weight excluding hydrogens is 278 g/mol. The van der Waals surface area contributed by atoms with Gasteiger partial charge in [0, 0.05) is 5.69 Å². The minimum absolute atomic E-state index is 0.105. The summed E-state index contributed by atoms with van der Waals surface area (Å²) in [4.78, 5) is 12.6. The van der Waals surface area contributed by atoms with Crippen LogP contribution in [0.4, 0.5) is 5.69 Å². The van der Waals surface area contributed by atoms with Gasteiger partial charge in [0.2, 0.25) is 5.91 Å². The van der Waals surface area contributed by atoms with Crippen molar-refractivity contribution in [3.05, 3.63) is 53.6 Å². The van der Waals surface area contributed by atoms with E-state index in [4.69, 9.17) is 4.74 Å². The normalized spacial score (nSPS) is 11.1. The van der Waals surface area contributed by atoms with Crippen molar-refractivity contribution in [3.8, 4) is 11.5 Å². The lowest BCUT2D eigenvalue weighted by atomic mass is 9.83. The van der Waals surface area contributed by atoms with Gasteiger partial charge in [0.05, 0.1) is 12.5 Å². The number of anilines is 1. The van der Waals surface area contributed by atoms with Crippen molar-refractivity contribution in [2.75, 3.05) is 12.4 Å². The minimum atomic E-state index is -0.684. The van der Waals surface area contributed by atoms with E-state index in [1.807, 2.05) is 45.0 Å². The smallest absolute Gasteiger partial charge is 0.234 e. The second kappa shape index (κ2) is 6.10. The molecular formula is C18H21NO3. The minimum Gasteiger partial charge on any atom is -0.508 e. The quantitative estimate of drug-likeness (QED) is 0.848. The molecule has 0 aliphatic carbocycles. The van der Waals surface area contributed by atoms with Crippen LogP contribution in [-0.4, -0.2) is 18.1 Å². The van der Waals surface area contributed by atoms with Crippen molar-refractivity contribution in [1.29, 1.82) is 0 Å². The Morgan fingerprint density at radius 3 is 2.32 bits per heavy atom. The molecule has 0 aliphatic rings. The summed E-state index contributed by atoms with van der Waals surface area (Å²) in [6, 6.07) is 12.3. The number of benzene rings is 2. The fraction of sp³-hybridized carbons (Fsp3) is 0.278. The van der Waals surface area contributed by atoms with Gasteiger partial charge < -0.3 is 15.2 Å². The molecule has 4 nitrogen and oxygen atoms in total.